The minimum Gasteiger partial charge on any atom is -0.326 e. The molecule has 0 aromatic heterocycles. The van der Waals surface area contributed by atoms with Crippen molar-refractivity contribution in [2.45, 2.75) is 37.2 Å². The normalized spacial score (nSPS) is 21.6. The van der Waals surface area contributed by atoms with Gasteiger partial charge >= 0.3 is 0 Å². The summed E-state index contributed by atoms with van der Waals surface area (Å²) in [4.78, 5) is 2.83. The van der Waals surface area contributed by atoms with Crippen LogP contribution in [0.15, 0.2) is 23.1 Å². The third kappa shape index (κ3) is 2.99. The van der Waals surface area contributed by atoms with Crippen molar-refractivity contribution in [2.24, 2.45) is 5.73 Å². The van der Waals surface area contributed by atoms with Gasteiger partial charge in [0.15, 0.2) is 0 Å². The number of sulfonamides is 1. The summed E-state index contributed by atoms with van der Waals surface area (Å²) in [5.74, 6) is 0. The minimum absolute atomic E-state index is 0.416. The Morgan fingerprint density at radius 1 is 1.19 bits per heavy atom. The summed E-state index contributed by atoms with van der Waals surface area (Å²) >= 11 is 0. The third-order valence-corrected chi connectivity index (χ3v) is 6.49. The molecule has 21 heavy (non-hydrogen) atoms. The molecule has 6 heteroatoms. The molecule has 3 rings (SSSR count). The summed E-state index contributed by atoms with van der Waals surface area (Å²) in [6, 6.07) is 6.08. The van der Waals surface area contributed by atoms with Gasteiger partial charge in [-0.3, -0.25) is 4.90 Å². The highest BCUT2D eigenvalue weighted by Crippen LogP contribution is 2.29. The fraction of sp³-hybridized carbons (Fsp3) is 0.600. The maximum absolute atomic E-state index is 12.8. The number of piperazine rings is 1. The van der Waals surface area contributed by atoms with Crippen molar-refractivity contribution in [2.75, 3.05) is 26.2 Å². The quantitative estimate of drug-likeness (QED) is 0.898. The molecular formula is C15H23N3O2S. The van der Waals surface area contributed by atoms with E-state index in [4.69, 9.17) is 5.73 Å². The summed E-state index contributed by atoms with van der Waals surface area (Å²) in [5, 5.41) is 0. The predicted octanol–water partition coefficient (Wildman–Crippen LogP) is 0.922. The first-order chi connectivity index (χ1) is 10.0. The van der Waals surface area contributed by atoms with Gasteiger partial charge in [0.2, 0.25) is 10.0 Å². The van der Waals surface area contributed by atoms with E-state index in [2.05, 4.69) is 4.90 Å². The van der Waals surface area contributed by atoms with Gasteiger partial charge in [0.05, 0.1) is 4.90 Å². The number of nitrogens with two attached hydrogens (primary N) is 1. The Morgan fingerprint density at radius 3 is 2.38 bits per heavy atom. The molecule has 116 valence electrons. The van der Waals surface area contributed by atoms with Crippen molar-refractivity contribution in [3.63, 3.8) is 0 Å². The molecule has 0 atom stereocenters. The van der Waals surface area contributed by atoms with Crippen molar-refractivity contribution in [1.82, 2.24) is 9.21 Å². The van der Waals surface area contributed by atoms with Gasteiger partial charge < -0.3 is 5.73 Å². The highest BCUT2D eigenvalue weighted by Gasteiger charge is 2.35. The van der Waals surface area contributed by atoms with Crippen LogP contribution in [-0.2, 0) is 16.6 Å². The first-order valence-electron chi connectivity index (χ1n) is 7.56. The molecule has 1 aromatic carbocycles. The fourth-order valence-corrected chi connectivity index (χ4v) is 4.64. The topological polar surface area (TPSA) is 66.6 Å². The smallest absolute Gasteiger partial charge is 0.243 e. The Kier molecular flexibility index (Phi) is 4.05. The number of rotatable bonds is 4. The van der Waals surface area contributed by atoms with E-state index in [-0.39, 0.29) is 0 Å². The summed E-state index contributed by atoms with van der Waals surface area (Å²) in [6.07, 6.45) is 2.54. The largest absolute Gasteiger partial charge is 0.326 e. The van der Waals surface area contributed by atoms with E-state index < -0.39 is 10.0 Å². The maximum atomic E-state index is 12.8. The van der Waals surface area contributed by atoms with E-state index in [9.17, 15) is 8.42 Å². The molecule has 0 spiro atoms. The molecule has 2 fully saturated rings. The zero-order valence-electron chi connectivity index (χ0n) is 12.5. The van der Waals surface area contributed by atoms with Crippen LogP contribution in [0.5, 0.6) is 0 Å². The molecular weight excluding hydrogens is 286 g/mol. The van der Waals surface area contributed by atoms with Gasteiger partial charge in [0.25, 0.3) is 0 Å². The number of nitrogens with zero attached hydrogens (tertiary/aromatic N) is 2. The molecule has 0 bridgehead atoms. The maximum Gasteiger partial charge on any atom is 0.243 e. The van der Waals surface area contributed by atoms with Gasteiger partial charge in [0.1, 0.15) is 0 Å². The summed E-state index contributed by atoms with van der Waals surface area (Å²) in [7, 11) is -3.38. The molecule has 0 amide bonds. The highest BCUT2D eigenvalue weighted by molar-refractivity contribution is 7.89. The minimum atomic E-state index is -3.38. The lowest BCUT2D eigenvalue weighted by Crippen LogP contribution is -2.49. The van der Waals surface area contributed by atoms with E-state index in [0.29, 0.717) is 30.6 Å². The van der Waals surface area contributed by atoms with Crippen molar-refractivity contribution < 1.29 is 8.42 Å². The van der Waals surface area contributed by atoms with Crippen LogP contribution in [0.4, 0.5) is 0 Å². The zero-order chi connectivity index (χ0) is 15.0. The average Bonchev–Trinajstić information content (AvgIpc) is 3.31. The van der Waals surface area contributed by atoms with Crippen molar-refractivity contribution >= 4 is 10.0 Å². The number of benzene rings is 1. The van der Waals surface area contributed by atoms with Gasteiger partial charge in [-0.05, 0) is 37.0 Å². The van der Waals surface area contributed by atoms with E-state index in [1.165, 1.54) is 12.8 Å². The summed E-state index contributed by atoms with van der Waals surface area (Å²) in [5.41, 5.74) is 7.35. The van der Waals surface area contributed by atoms with Crippen LogP contribution < -0.4 is 5.73 Å². The molecule has 1 aromatic rings. The lowest BCUT2D eigenvalue weighted by molar-refractivity contribution is 0.180. The van der Waals surface area contributed by atoms with Crippen LogP contribution in [0, 0.1) is 6.92 Å². The Balaban J connectivity index is 1.77. The SMILES string of the molecule is Cc1cc(CN)ccc1S(=O)(=O)N1CCN(C2CC2)CC1. The standard InChI is InChI=1S/C15H23N3O2S/c1-12-10-13(11-16)2-5-15(12)21(19,20)18-8-6-17(7-9-18)14-3-4-14/h2,5,10,14H,3-4,6-9,11,16H2,1H3. The molecule has 2 aliphatic rings. The Morgan fingerprint density at radius 2 is 1.86 bits per heavy atom. The summed E-state index contributed by atoms with van der Waals surface area (Å²) < 4.78 is 27.2. The Bertz CT molecular complexity index is 618. The second kappa shape index (κ2) is 5.68. The second-order valence-electron chi connectivity index (χ2n) is 5.98. The Labute approximate surface area is 126 Å². The van der Waals surface area contributed by atoms with Crippen molar-refractivity contribution in [1.29, 1.82) is 0 Å². The van der Waals surface area contributed by atoms with Crippen LogP contribution in [0.2, 0.25) is 0 Å². The van der Waals surface area contributed by atoms with E-state index in [1.54, 1.807) is 16.4 Å². The van der Waals surface area contributed by atoms with E-state index in [0.717, 1.165) is 24.2 Å². The van der Waals surface area contributed by atoms with Gasteiger partial charge in [-0.25, -0.2) is 8.42 Å². The predicted molar refractivity (Wildman–Crippen MR) is 82.4 cm³/mol. The van der Waals surface area contributed by atoms with Gasteiger partial charge in [-0.2, -0.15) is 4.31 Å². The number of hydrogen-bond donors (Lipinski definition) is 1. The highest BCUT2D eigenvalue weighted by atomic mass is 32.2. The van der Waals surface area contributed by atoms with Crippen molar-refractivity contribution in [3.8, 4) is 0 Å². The van der Waals surface area contributed by atoms with Gasteiger partial charge in [0, 0.05) is 38.8 Å². The molecule has 0 unspecified atom stereocenters. The first kappa shape index (κ1) is 15.0. The summed E-state index contributed by atoms with van der Waals surface area (Å²) in [6.45, 7) is 5.16. The first-order valence-corrected chi connectivity index (χ1v) is 9.00. The molecule has 1 aliphatic heterocycles. The molecule has 1 heterocycles. The lowest BCUT2D eigenvalue weighted by atomic mass is 10.1. The van der Waals surface area contributed by atoms with Crippen LogP contribution in [0.3, 0.4) is 0 Å². The monoisotopic (exact) mass is 309 g/mol. The molecule has 1 aliphatic carbocycles. The molecule has 2 N–H and O–H groups in total. The zero-order valence-corrected chi connectivity index (χ0v) is 13.3. The number of hydrogen-bond acceptors (Lipinski definition) is 4. The lowest BCUT2D eigenvalue weighted by Gasteiger charge is -2.34. The molecule has 0 radical (unpaired) electrons. The van der Waals surface area contributed by atoms with Crippen molar-refractivity contribution in [3.05, 3.63) is 29.3 Å². The number of aryl methyl sites for hydroxylation is 1. The van der Waals surface area contributed by atoms with E-state index in [1.807, 2.05) is 13.0 Å². The van der Waals surface area contributed by atoms with Crippen LogP contribution in [-0.4, -0.2) is 49.8 Å². The van der Waals surface area contributed by atoms with E-state index >= 15 is 0 Å². The van der Waals surface area contributed by atoms with Crippen LogP contribution in [0.25, 0.3) is 0 Å². The molecule has 1 saturated carbocycles. The van der Waals surface area contributed by atoms with Gasteiger partial charge in [-0.1, -0.05) is 12.1 Å². The van der Waals surface area contributed by atoms with Crippen LogP contribution in [0.1, 0.15) is 24.0 Å². The van der Waals surface area contributed by atoms with Gasteiger partial charge in [-0.15, -0.1) is 0 Å². The molecule has 1 saturated heterocycles. The molecule has 5 nitrogen and oxygen atoms in total. The Hall–Kier alpha value is -0.950. The average molecular weight is 309 g/mol. The fourth-order valence-electron chi connectivity index (χ4n) is 3.02. The third-order valence-electron chi connectivity index (χ3n) is 4.43. The van der Waals surface area contributed by atoms with Crippen LogP contribution >= 0.6 is 0 Å². The second-order valence-corrected chi connectivity index (χ2v) is 7.88.